The van der Waals surface area contributed by atoms with Crippen LogP contribution in [0.15, 0.2) is 36.5 Å². The lowest BCUT2D eigenvalue weighted by Gasteiger charge is -2.41. The monoisotopic (exact) mass is 409 g/mol. The molecule has 158 valence electrons. The van der Waals surface area contributed by atoms with Crippen LogP contribution in [0, 0.1) is 6.92 Å². The van der Waals surface area contributed by atoms with Gasteiger partial charge in [-0.25, -0.2) is 4.98 Å². The van der Waals surface area contributed by atoms with E-state index in [1.165, 1.54) is 0 Å². The number of aliphatic hydroxyl groups is 1. The predicted octanol–water partition coefficient (Wildman–Crippen LogP) is 2.63. The highest BCUT2D eigenvalue weighted by Crippen LogP contribution is 2.32. The average Bonchev–Trinajstić information content (AvgIpc) is 3.05. The van der Waals surface area contributed by atoms with Gasteiger partial charge in [-0.15, -0.1) is 0 Å². The van der Waals surface area contributed by atoms with E-state index in [1.54, 1.807) is 13.2 Å². The zero-order valence-electron chi connectivity index (χ0n) is 17.7. The van der Waals surface area contributed by atoms with E-state index in [9.17, 15) is 9.90 Å². The third-order valence-corrected chi connectivity index (χ3v) is 5.14. The largest absolute Gasteiger partial charge is 0.494 e. The Labute approximate surface area is 175 Å². The summed E-state index contributed by atoms with van der Waals surface area (Å²) >= 11 is 0. The lowest BCUT2D eigenvalue weighted by atomic mass is 10.0. The van der Waals surface area contributed by atoms with Gasteiger partial charge in [0.05, 0.1) is 30.0 Å². The molecular formula is C22H27N5O3. The van der Waals surface area contributed by atoms with Crippen LogP contribution in [0.2, 0.25) is 0 Å². The number of ether oxygens (including phenoxy) is 1. The number of fused-ring (bicyclic) bond motifs is 1. The van der Waals surface area contributed by atoms with E-state index in [-0.39, 0.29) is 11.9 Å². The minimum atomic E-state index is -0.702. The minimum Gasteiger partial charge on any atom is -0.494 e. The van der Waals surface area contributed by atoms with Crippen LogP contribution < -0.4 is 10.1 Å². The second-order valence-electron chi connectivity index (χ2n) is 8.50. The molecule has 1 saturated heterocycles. The predicted molar refractivity (Wildman–Crippen MR) is 115 cm³/mol. The number of hydrogen-bond donors (Lipinski definition) is 2. The van der Waals surface area contributed by atoms with Gasteiger partial charge in [0.15, 0.2) is 0 Å². The van der Waals surface area contributed by atoms with Gasteiger partial charge in [0, 0.05) is 43.0 Å². The van der Waals surface area contributed by atoms with Crippen molar-refractivity contribution in [2.24, 2.45) is 0 Å². The molecule has 0 bridgehead atoms. The summed E-state index contributed by atoms with van der Waals surface area (Å²) in [6, 6.07) is 9.31. The van der Waals surface area contributed by atoms with Crippen LogP contribution in [0.4, 0.5) is 5.69 Å². The molecular weight excluding hydrogens is 382 g/mol. The van der Waals surface area contributed by atoms with Crippen molar-refractivity contribution in [3.63, 3.8) is 0 Å². The summed E-state index contributed by atoms with van der Waals surface area (Å²) in [4.78, 5) is 19.1. The van der Waals surface area contributed by atoms with Crippen LogP contribution in [0.1, 0.15) is 36.1 Å². The highest BCUT2D eigenvalue weighted by Gasteiger charge is 2.32. The Hall–Kier alpha value is -2.97. The maximum absolute atomic E-state index is 12.6. The molecule has 0 radical (unpaired) electrons. The number of β-amino-alcohol motifs (C(OH)–C–C–N with tert-alkyl or cyclic N) is 1. The Morgan fingerprint density at radius 3 is 2.77 bits per heavy atom. The summed E-state index contributed by atoms with van der Waals surface area (Å²) in [6.45, 7) is 7.81. The lowest BCUT2D eigenvalue weighted by Crippen LogP contribution is -2.52. The summed E-state index contributed by atoms with van der Waals surface area (Å²) in [5.74, 6) is 0.260. The Morgan fingerprint density at radius 1 is 1.33 bits per heavy atom. The fourth-order valence-electron chi connectivity index (χ4n) is 3.77. The number of carbonyl (C=O) groups is 1. The fourth-order valence-corrected chi connectivity index (χ4v) is 3.77. The van der Waals surface area contributed by atoms with Crippen LogP contribution >= 0.6 is 0 Å². The second-order valence-corrected chi connectivity index (χ2v) is 8.50. The normalized spacial score (nSPS) is 15.2. The molecule has 0 atom stereocenters. The molecule has 3 aromatic rings. The first-order valence-electron chi connectivity index (χ1n) is 9.98. The average molecular weight is 409 g/mol. The quantitative estimate of drug-likeness (QED) is 0.650. The standard InChI is InChI=1S/C22H27N5O3/c1-14-6-5-7-17(23-14)21(28)24-19-8-15-10-27(25-18(15)9-20(19)30-4)16-11-26(12-16)13-22(2,3)29/h5-10,16,29H,11-13H2,1-4H3,(H,24,28). The van der Waals surface area contributed by atoms with E-state index in [0.717, 1.165) is 29.7 Å². The molecule has 2 N–H and O–H groups in total. The Morgan fingerprint density at radius 2 is 2.10 bits per heavy atom. The molecule has 1 aliphatic heterocycles. The van der Waals surface area contributed by atoms with Crippen molar-refractivity contribution in [1.29, 1.82) is 0 Å². The van der Waals surface area contributed by atoms with E-state index < -0.39 is 5.60 Å². The first kappa shape index (κ1) is 20.3. The van der Waals surface area contributed by atoms with Crippen molar-refractivity contribution in [1.82, 2.24) is 19.7 Å². The van der Waals surface area contributed by atoms with Gasteiger partial charge in [0.1, 0.15) is 11.4 Å². The van der Waals surface area contributed by atoms with Gasteiger partial charge >= 0.3 is 0 Å². The Kier molecular flexibility index (Phi) is 5.21. The molecule has 2 aromatic heterocycles. The van der Waals surface area contributed by atoms with Gasteiger partial charge in [-0.1, -0.05) is 6.07 Å². The summed E-state index contributed by atoms with van der Waals surface area (Å²) < 4.78 is 7.43. The first-order valence-corrected chi connectivity index (χ1v) is 9.98. The van der Waals surface area contributed by atoms with Crippen molar-refractivity contribution >= 4 is 22.5 Å². The Bertz CT molecular complexity index is 1080. The van der Waals surface area contributed by atoms with E-state index in [1.807, 2.05) is 55.9 Å². The summed E-state index contributed by atoms with van der Waals surface area (Å²) in [6.07, 6.45) is 1.99. The van der Waals surface area contributed by atoms with Crippen molar-refractivity contribution in [3.05, 3.63) is 47.9 Å². The number of hydrogen-bond acceptors (Lipinski definition) is 6. The SMILES string of the molecule is COc1cc2nn(C3CN(CC(C)(C)O)C3)cc2cc1NC(=O)c1cccc(C)n1. The third kappa shape index (κ3) is 4.29. The number of aryl methyl sites for hydroxylation is 1. The van der Waals surface area contributed by atoms with Gasteiger partial charge in [-0.3, -0.25) is 14.4 Å². The topological polar surface area (TPSA) is 92.5 Å². The third-order valence-electron chi connectivity index (χ3n) is 5.14. The number of anilines is 1. The molecule has 0 saturated carbocycles. The molecule has 1 aliphatic rings. The Balaban J connectivity index is 1.53. The molecule has 8 heteroatoms. The van der Waals surface area contributed by atoms with Crippen molar-refractivity contribution in [3.8, 4) is 5.75 Å². The molecule has 0 aliphatic carbocycles. The van der Waals surface area contributed by atoms with Crippen LogP contribution in [0.25, 0.3) is 10.9 Å². The second kappa shape index (κ2) is 7.70. The van der Waals surface area contributed by atoms with Crippen molar-refractivity contribution in [2.75, 3.05) is 32.1 Å². The molecule has 0 unspecified atom stereocenters. The van der Waals surface area contributed by atoms with E-state index in [0.29, 0.717) is 23.7 Å². The number of pyridine rings is 1. The summed E-state index contributed by atoms with van der Waals surface area (Å²) in [5.41, 5.74) is 1.82. The van der Waals surface area contributed by atoms with Crippen molar-refractivity contribution < 1.29 is 14.6 Å². The summed E-state index contributed by atoms with van der Waals surface area (Å²) in [5, 5.41) is 18.5. The number of amides is 1. The molecule has 8 nitrogen and oxygen atoms in total. The first-order chi connectivity index (χ1) is 14.2. The molecule has 0 spiro atoms. The van der Waals surface area contributed by atoms with Crippen LogP contribution in [0.5, 0.6) is 5.75 Å². The van der Waals surface area contributed by atoms with E-state index >= 15 is 0 Å². The number of carbonyl (C=O) groups excluding carboxylic acids is 1. The van der Waals surface area contributed by atoms with Gasteiger partial charge in [-0.2, -0.15) is 5.10 Å². The van der Waals surface area contributed by atoms with Crippen LogP contribution in [-0.4, -0.2) is 63.0 Å². The number of likely N-dealkylation sites (tertiary alicyclic amines) is 1. The zero-order valence-corrected chi connectivity index (χ0v) is 17.7. The maximum Gasteiger partial charge on any atom is 0.274 e. The fraction of sp³-hybridized carbons (Fsp3) is 0.409. The van der Waals surface area contributed by atoms with Gasteiger partial charge in [0.2, 0.25) is 0 Å². The minimum absolute atomic E-state index is 0.264. The number of benzene rings is 1. The molecule has 1 aromatic carbocycles. The molecule has 1 amide bonds. The zero-order chi connectivity index (χ0) is 21.5. The smallest absolute Gasteiger partial charge is 0.274 e. The molecule has 4 rings (SSSR count). The molecule has 3 heterocycles. The number of methoxy groups -OCH3 is 1. The maximum atomic E-state index is 12.6. The number of nitrogens with zero attached hydrogens (tertiary/aromatic N) is 4. The highest BCUT2D eigenvalue weighted by atomic mass is 16.5. The van der Waals surface area contributed by atoms with Crippen LogP contribution in [0.3, 0.4) is 0 Å². The summed E-state index contributed by atoms with van der Waals surface area (Å²) in [7, 11) is 1.57. The van der Waals surface area contributed by atoms with E-state index in [4.69, 9.17) is 4.74 Å². The number of rotatable bonds is 6. The molecule has 1 fully saturated rings. The lowest BCUT2D eigenvalue weighted by molar-refractivity contribution is -0.00647. The van der Waals surface area contributed by atoms with Gasteiger partial charge in [-0.05, 0) is 39.0 Å². The highest BCUT2D eigenvalue weighted by molar-refractivity contribution is 6.05. The van der Waals surface area contributed by atoms with Crippen molar-refractivity contribution in [2.45, 2.75) is 32.4 Å². The number of nitrogens with one attached hydrogen (secondary N) is 1. The van der Waals surface area contributed by atoms with Crippen LogP contribution in [-0.2, 0) is 0 Å². The van der Waals surface area contributed by atoms with Gasteiger partial charge < -0.3 is 15.2 Å². The molecule has 30 heavy (non-hydrogen) atoms. The van der Waals surface area contributed by atoms with Gasteiger partial charge in [0.25, 0.3) is 5.91 Å². The van der Waals surface area contributed by atoms with E-state index in [2.05, 4.69) is 20.3 Å². The number of aromatic nitrogens is 3.